The molecule has 1 saturated carbocycles. The number of aromatic nitrogens is 5. The molecule has 5 aromatic heterocycles. The Hall–Kier alpha value is -6.05. The van der Waals surface area contributed by atoms with Crippen molar-refractivity contribution in [2.75, 3.05) is 0 Å². The number of hydrogen-bond acceptors (Lipinski definition) is 5. The van der Waals surface area contributed by atoms with Crippen molar-refractivity contribution >= 4 is 57.3 Å². The summed E-state index contributed by atoms with van der Waals surface area (Å²) in [4.78, 5) is 19.9. The molecule has 1 aliphatic carbocycles. The Morgan fingerprint density at radius 2 is 1.48 bits per heavy atom. The summed E-state index contributed by atoms with van der Waals surface area (Å²) in [7, 11) is -1.36. The summed E-state index contributed by atoms with van der Waals surface area (Å²) in [6.45, 7) is 14.2. The Morgan fingerprint density at radius 1 is 0.712 bits per heavy atom. The van der Waals surface area contributed by atoms with E-state index in [0.717, 1.165) is 83.8 Å². The van der Waals surface area contributed by atoms with Crippen molar-refractivity contribution in [3.05, 3.63) is 174 Å². The van der Waals surface area contributed by atoms with Gasteiger partial charge in [-0.2, -0.15) is 0 Å². The maximum atomic E-state index is 6.58. The number of nitrogens with zero attached hydrogens (tertiary/aromatic N) is 5. The van der Waals surface area contributed by atoms with Crippen molar-refractivity contribution in [1.29, 1.82) is 0 Å². The minimum absolute atomic E-state index is 0. The monoisotopic (exact) mass is 1060 g/mol. The molecule has 6 nitrogen and oxygen atoms in total. The number of benzene rings is 5. The van der Waals surface area contributed by atoms with Gasteiger partial charge in [-0.05, 0) is 84.9 Å². The van der Waals surface area contributed by atoms with Gasteiger partial charge in [0.15, 0.2) is 0 Å². The maximum Gasteiger partial charge on any atom is 0.216 e. The second-order valence-corrected chi connectivity index (χ2v) is 24.0. The molecule has 5 aromatic carbocycles. The molecule has 10 aromatic rings. The van der Waals surface area contributed by atoms with Crippen LogP contribution in [0.2, 0.25) is 19.6 Å². The molecule has 1 radical (unpaired) electrons. The van der Waals surface area contributed by atoms with Gasteiger partial charge in [0.05, 0.1) is 41.7 Å². The zero-order valence-electron chi connectivity index (χ0n) is 38.7. The summed E-state index contributed by atoms with van der Waals surface area (Å²) in [6.07, 6.45) is 10.5. The topological polar surface area (TPSA) is 69.6 Å². The normalized spacial score (nSPS) is 13.2. The first kappa shape index (κ1) is 45.1. The first-order valence-electron chi connectivity index (χ1n) is 23.2. The summed E-state index contributed by atoms with van der Waals surface area (Å²) in [5.41, 5.74) is 15.3. The Balaban J connectivity index is 0.000000194. The third-order valence-electron chi connectivity index (χ3n) is 13.2. The quantitative estimate of drug-likeness (QED) is 0.112. The predicted molar refractivity (Wildman–Crippen MR) is 271 cm³/mol. The van der Waals surface area contributed by atoms with Crippen LogP contribution in [0.15, 0.2) is 138 Å². The van der Waals surface area contributed by atoms with E-state index in [1.54, 1.807) is 10.8 Å². The van der Waals surface area contributed by atoms with Crippen molar-refractivity contribution in [1.82, 2.24) is 24.5 Å². The molecule has 8 heteroatoms. The molecule has 0 bridgehead atoms. The molecule has 66 heavy (non-hydrogen) atoms. The zero-order chi connectivity index (χ0) is 44.7. The molecule has 0 unspecified atom stereocenters. The van der Waals surface area contributed by atoms with Crippen LogP contribution in [-0.4, -0.2) is 32.6 Å². The summed E-state index contributed by atoms with van der Waals surface area (Å²) in [5, 5.41) is 4.60. The van der Waals surface area contributed by atoms with Crippen molar-refractivity contribution in [3.63, 3.8) is 0 Å². The summed E-state index contributed by atoms with van der Waals surface area (Å²) in [5.74, 6) is 1.66. The number of aryl methyl sites for hydroxylation is 3. The summed E-state index contributed by atoms with van der Waals surface area (Å²) >= 11 is 0. The number of imidazole rings is 1. The van der Waals surface area contributed by atoms with Gasteiger partial charge in [-0.3, -0.25) is 9.97 Å². The van der Waals surface area contributed by atoms with Crippen molar-refractivity contribution in [2.45, 2.75) is 85.5 Å². The fourth-order valence-electron chi connectivity index (χ4n) is 9.90. The average molecular weight is 1060 g/mol. The van der Waals surface area contributed by atoms with E-state index < -0.39 is 8.07 Å². The molecule has 0 spiro atoms. The summed E-state index contributed by atoms with van der Waals surface area (Å²) < 4.78 is 8.83. The molecule has 0 atom stereocenters. The van der Waals surface area contributed by atoms with Crippen LogP contribution in [0.3, 0.4) is 0 Å². The van der Waals surface area contributed by atoms with Gasteiger partial charge in [0.1, 0.15) is 0 Å². The van der Waals surface area contributed by atoms with Crippen LogP contribution in [-0.2, 0) is 33.1 Å². The molecule has 333 valence electrons. The molecule has 0 amide bonds. The molecular weight excluding hydrogens is 1000 g/mol. The number of fused-ring (bicyclic) bond motifs is 6. The summed E-state index contributed by atoms with van der Waals surface area (Å²) in [6, 6.07) is 50.7. The number of hydrogen-bond donors (Lipinski definition) is 0. The number of rotatable bonds is 8. The Morgan fingerprint density at radius 3 is 2.24 bits per heavy atom. The predicted octanol–water partition coefficient (Wildman–Crippen LogP) is 14.2. The van der Waals surface area contributed by atoms with E-state index in [2.05, 4.69) is 160 Å². The Labute approximate surface area is 403 Å². The van der Waals surface area contributed by atoms with Gasteiger partial charge in [-0.1, -0.05) is 135 Å². The van der Waals surface area contributed by atoms with Crippen LogP contribution in [0.25, 0.3) is 77.9 Å². The van der Waals surface area contributed by atoms with Gasteiger partial charge >= 0.3 is 0 Å². The molecule has 0 saturated heterocycles. The van der Waals surface area contributed by atoms with Gasteiger partial charge in [0.2, 0.25) is 5.71 Å². The van der Waals surface area contributed by atoms with E-state index in [0.29, 0.717) is 12.3 Å². The molecule has 0 N–H and O–H groups in total. The van der Waals surface area contributed by atoms with E-state index in [9.17, 15) is 0 Å². The van der Waals surface area contributed by atoms with Gasteiger partial charge in [-0.25, -0.2) is 4.98 Å². The van der Waals surface area contributed by atoms with Crippen LogP contribution < -0.4 is 5.19 Å². The fourth-order valence-corrected chi connectivity index (χ4v) is 11.5. The van der Waals surface area contributed by atoms with Crippen LogP contribution >= 0.6 is 0 Å². The zero-order valence-corrected chi connectivity index (χ0v) is 42.1. The van der Waals surface area contributed by atoms with E-state index in [1.165, 1.54) is 55.2 Å². The molecule has 1 fully saturated rings. The third kappa shape index (κ3) is 9.07. The minimum atomic E-state index is -1.36. The van der Waals surface area contributed by atoms with E-state index in [4.69, 9.17) is 24.4 Å². The van der Waals surface area contributed by atoms with Gasteiger partial charge < -0.3 is 14.0 Å². The molecule has 0 aliphatic heterocycles. The molecule has 11 rings (SSSR count). The molecular formula is C58H55IrN5OSi-2. The van der Waals surface area contributed by atoms with E-state index in [1.807, 2.05) is 31.2 Å². The average Bonchev–Trinajstić information content (AvgIpc) is 3.88. The maximum absolute atomic E-state index is 6.58. The van der Waals surface area contributed by atoms with Crippen LogP contribution in [0.1, 0.15) is 60.1 Å². The largest absolute Gasteiger partial charge is 0.486 e. The van der Waals surface area contributed by atoms with E-state index >= 15 is 0 Å². The second kappa shape index (κ2) is 19.0. The van der Waals surface area contributed by atoms with Crippen molar-refractivity contribution in [3.8, 4) is 33.9 Å². The van der Waals surface area contributed by atoms with Crippen molar-refractivity contribution in [2.24, 2.45) is 5.92 Å². The van der Waals surface area contributed by atoms with E-state index in [-0.39, 0.29) is 20.1 Å². The smallest absolute Gasteiger partial charge is 0.216 e. The van der Waals surface area contributed by atoms with Gasteiger partial charge in [0.25, 0.3) is 0 Å². The van der Waals surface area contributed by atoms with Crippen molar-refractivity contribution < 1.29 is 24.5 Å². The molecule has 5 heterocycles. The first-order chi connectivity index (χ1) is 31.6. The van der Waals surface area contributed by atoms with Crippen LogP contribution in [0, 0.1) is 38.8 Å². The van der Waals surface area contributed by atoms with Gasteiger partial charge in [-0.15, -0.1) is 54.1 Å². The first-order valence-corrected chi connectivity index (χ1v) is 26.7. The fraction of sp³-hybridized carbons (Fsp3) is 0.241. The minimum Gasteiger partial charge on any atom is -0.486 e. The second-order valence-electron chi connectivity index (χ2n) is 18.9. The standard InChI is InChI=1S/C37H27N4O.C21H28NSi.Ir/c1-22-9-7-10-23(2)32(22)30-20-18-28-27-13-8-14-29(35(27)42-37(28)40-30)36-39-31-19-17-26-16-15-24(3)38-33(26)34(31)41(36)21-25-11-5-4-6-12-25;1-23(2,3)21-16-22-20(18-12-8-5-9-13-18)15-19(21)14-17-10-6-4-7-11-17;/h4-13,15-20H,21H2,1-3H3;5,8-9,12,15-17H,4,6-7,10-11,14H2,1-3H3;/q2*-1;. The Bertz CT molecular complexity index is 3310. The van der Waals surface area contributed by atoms with Gasteiger partial charge in [0, 0.05) is 54.9 Å². The SMILES string of the molecule is C[Si](C)(C)c1cnc(-c2[c-]cccc2)cc1CC1CCCCC1.Cc1ccc2ccc3nc(-c4[c-]ccc5c4oc4nc(-c6c(C)cccc6C)ccc45)n(Cc4ccccc4)c3c2n1.[Ir]. The number of furan rings is 1. The Kier molecular flexibility index (Phi) is 13.0. The number of pyridine rings is 3. The molecule has 1 aliphatic rings. The van der Waals surface area contributed by atoms with Crippen LogP contribution in [0.5, 0.6) is 0 Å². The third-order valence-corrected chi connectivity index (χ3v) is 15.2. The van der Waals surface area contributed by atoms with Crippen LogP contribution in [0.4, 0.5) is 0 Å².